The summed E-state index contributed by atoms with van der Waals surface area (Å²) >= 11 is 0. The topological polar surface area (TPSA) is 64.7 Å². The van der Waals surface area contributed by atoms with Gasteiger partial charge in [-0.25, -0.2) is 0 Å². The molecule has 0 spiro atoms. The largest absolute Gasteiger partial charge is 0.345 e. The number of hydrogen-bond acceptors (Lipinski definition) is 3. The standard InChI is InChI=1S/C20H23N5O/c1-4-24-14-22-23-19(24)13-21-20(26)11-10-17-12-15(2)25(16(17)3)18-8-6-5-7-9-18/h5-12,14H,4,13H2,1-3H3,(H,21,26). The van der Waals surface area contributed by atoms with E-state index in [1.807, 2.05) is 35.8 Å². The van der Waals surface area contributed by atoms with Gasteiger partial charge in [0.25, 0.3) is 0 Å². The molecular formula is C20H23N5O. The molecule has 3 aromatic rings. The van der Waals surface area contributed by atoms with Gasteiger partial charge in [-0.05, 0) is 50.6 Å². The molecule has 0 saturated heterocycles. The highest BCUT2D eigenvalue weighted by molar-refractivity contribution is 5.91. The summed E-state index contributed by atoms with van der Waals surface area (Å²) in [5, 5.41) is 10.7. The second-order valence-corrected chi connectivity index (χ2v) is 6.08. The Kier molecular flexibility index (Phi) is 5.31. The molecular weight excluding hydrogens is 326 g/mol. The predicted molar refractivity (Wildman–Crippen MR) is 102 cm³/mol. The van der Waals surface area contributed by atoms with E-state index >= 15 is 0 Å². The summed E-state index contributed by atoms with van der Waals surface area (Å²) in [5.41, 5.74) is 4.37. The molecule has 0 atom stereocenters. The van der Waals surface area contributed by atoms with Gasteiger partial charge in [0.1, 0.15) is 6.33 Å². The zero-order valence-corrected chi connectivity index (χ0v) is 15.3. The fourth-order valence-corrected chi connectivity index (χ4v) is 3.00. The van der Waals surface area contributed by atoms with Crippen LogP contribution in [0.3, 0.4) is 0 Å². The van der Waals surface area contributed by atoms with Gasteiger partial charge in [0, 0.05) is 29.7 Å². The van der Waals surface area contributed by atoms with Crippen molar-refractivity contribution in [2.75, 3.05) is 0 Å². The predicted octanol–water partition coefficient (Wildman–Crippen LogP) is 3.04. The minimum Gasteiger partial charge on any atom is -0.345 e. The van der Waals surface area contributed by atoms with Gasteiger partial charge in [0.15, 0.2) is 5.82 Å². The number of carbonyl (C=O) groups is 1. The van der Waals surface area contributed by atoms with Gasteiger partial charge >= 0.3 is 0 Å². The number of rotatable bonds is 6. The van der Waals surface area contributed by atoms with Gasteiger partial charge in [0.2, 0.25) is 5.91 Å². The molecule has 0 aliphatic rings. The first kappa shape index (κ1) is 17.7. The first-order valence-electron chi connectivity index (χ1n) is 8.67. The quantitative estimate of drug-likeness (QED) is 0.696. The summed E-state index contributed by atoms with van der Waals surface area (Å²) in [4.78, 5) is 12.1. The van der Waals surface area contributed by atoms with E-state index in [0.717, 1.165) is 35.0 Å². The lowest BCUT2D eigenvalue weighted by atomic mass is 10.2. The Bertz CT molecular complexity index is 921. The van der Waals surface area contributed by atoms with E-state index in [1.165, 1.54) is 0 Å². The normalized spacial score (nSPS) is 11.2. The number of nitrogens with zero attached hydrogens (tertiary/aromatic N) is 4. The zero-order chi connectivity index (χ0) is 18.5. The lowest BCUT2D eigenvalue weighted by Crippen LogP contribution is -2.22. The van der Waals surface area contributed by atoms with E-state index in [0.29, 0.717) is 6.54 Å². The summed E-state index contributed by atoms with van der Waals surface area (Å²) in [6.07, 6.45) is 5.07. The first-order chi connectivity index (χ1) is 12.6. The van der Waals surface area contributed by atoms with Crippen LogP contribution in [-0.2, 0) is 17.9 Å². The SMILES string of the molecule is CCn1cnnc1CNC(=O)C=Cc1cc(C)n(-c2ccccc2)c1C. The Morgan fingerprint density at radius 1 is 1.23 bits per heavy atom. The Morgan fingerprint density at radius 3 is 2.73 bits per heavy atom. The summed E-state index contributed by atoms with van der Waals surface area (Å²) in [6, 6.07) is 12.3. The lowest BCUT2D eigenvalue weighted by Gasteiger charge is -2.09. The molecule has 0 bridgehead atoms. The van der Waals surface area contributed by atoms with E-state index in [-0.39, 0.29) is 5.91 Å². The van der Waals surface area contributed by atoms with Gasteiger partial charge in [-0.2, -0.15) is 0 Å². The van der Waals surface area contributed by atoms with Crippen molar-refractivity contribution < 1.29 is 4.79 Å². The summed E-state index contributed by atoms with van der Waals surface area (Å²) < 4.78 is 4.08. The monoisotopic (exact) mass is 349 g/mol. The molecule has 0 unspecified atom stereocenters. The molecule has 6 nitrogen and oxygen atoms in total. The molecule has 2 aromatic heterocycles. The maximum Gasteiger partial charge on any atom is 0.244 e. The van der Waals surface area contributed by atoms with Crippen molar-refractivity contribution in [3.05, 3.63) is 71.6 Å². The molecule has 6 heteroatoms. The smallest absolute Gasteiger partial charge is 0.244 e. The number of aromatic nitrogens is 4. The highest BCUT2D eigenvalue weighted by Gasteiger charge is 2.09. The summed E-state index contributed by atoms with van der Waals surface area (Å²) in [7, 11) is 0. The van der Waals surface area contributed by atoms with Crippen molar-refractivity contribution >= 4 is 12.0 Å². The molecule has 2 heterocycles. The highest BCUT2D eigenvalue weighted by Crippen LogP contribution is 2.21. The molecule has 26 heavy (non-hydrogen) atoms. The van der Waals surface area contributed by atoms with Crippen molar-refractivity contribution in [3.63, 3.8) is 0 Å². The average Bonchev–Trinajstić information content (AvgIpc) is 3.22. The average molecular weight is 349 g/mol. The second kappa shape index (κ2) is 7.82. The van der Waals surface area contributed by atoms with Crippen LogP contribution < -0.4 is 5.32 Å². The van der Waals surface area contributed by atoms with E-state index in [9.17, 15) is 4.79 Å². The van der Waals surface area contributed by atoms with Gasteiger partial charge in [0.05, 0.1) is 6.54 Å². The number of hydrogen-bond donors (Lipinski definition) is 1. The summed E-state index contributed by atoms with van der Waals surface area (Å²) in [5.74, 6) is 0.594. The number of para-hydroxylation sites is 1. The van der Waals surface area contributed by atoms with Crippen LogP contribution in [0.4, 0.5) is 0 Å². The van der Waals surface area contributed by atoms with Crippen LogP contribution in [0.2, 0.25) is 0 Å². The van der Waals surface area contributed by atoms with Crippen molar-refractivity contribution in [3.8, 4) is 5.69 Å². The molecule has 0 saturated carbocycles. The number of nitrogens with one attached hydrogen (secondary N) is 1. The Labute approximate surface area is 153 Å². The first-order valence-corrected chi connectivity index (χ1v) is 8.67. The third-order valence-corrected chi connectivity index (χ3v) is 4.36. The third-order valence-electron chi connectivity index (χ3n) is 4.36. The van der Waals surface area contributed by atoms with Gasteiger partial charge in [-0.15, -0.1) is 10.2 Å². The van der Waals surface area contributed by atoms with Gasteiger partial charge in [-0.1, -0.05) is 18.2 Å². The molecule has 1 aromatic carbocycles. The molecule has 1 N–H and O–H groups in total. The van der Waals surface area contributed by atoms with Gasteiger partial charge < -0.3 is 14.5 Å². The Balaban J connectivity index is 1.70. The second-order valence-electron chi connectivity index (χ2n) is 6.08. The molecule has 0 fully saturated rings. The minimum absolute atomic E-state index is 0.153. The highest BCUT2D eigenvalue weighted by atomic mass is 16.1. The Morgan fingerprint density at radius 2 is 2.00 bits per heavy atom. The molecule has 134 valence electrons. The molecule has 3 rings (SSSR count). The Hall–Kier alpha value is -3.15. The van der Waals surface area contributed by atoms with E-state index < -0.39 is 0 Å². The molecule has 0 aliphatic carbocycles. The molecule has 1 amide bonds. The van der Waals surface area contributed by atoms with Crippen molar-refractivity contribution in [2.24, 2.45) is 0 Å². The number of benzene rings is 1. The van der Waals surface area contributed by atoms with Crippen LogP contribution in [0.5, 0.6) is 0 Å². The maximum atomic E-state index is 12.1. The number of amides is 1. The van der Waals surface area contributed by atoms with Crippen LogP contribution in [-0.4, -0.2) is 25.2 Å². The number of aryl methyl sites for hydroxylation is 2. The maximum absolute atomic E-state index is 12.1. The van der Waals surface area contributed by atoms with E-state index in [2.05, 4.69) is 52.1 Å². The van der Waals surface area contributed by atoms with Crippen LogP contribution >= 0.6 is 0 Å². The zero-order valence-electron chi connectivity index (χ0n) is 15.3. The minimum atomic E-state index is -0.153. The third kappa shape index (κ3) is 3.74. The lowest BCUT2D eigenvalue weighted by molar-refractivity contribution is -0.116. The van der Waals surface area contributed by atoms with Crippen molar-refractivity contribution in [2.45, 2.75) is 33.9 Å². The van der Waals surface area contributed by atoms with Crippen molar-refractivity contribution in [1.82, 2.24) is 24.6 Å². The fraction of sp³-hybridized carbons (Fsp3) is 0.250. The fourth-order valence-electron chi connectivity index (χ4n) is 3.00. The van der Waals surface area contributed by atoms with Crippen LogP contribution in [0.25, 0.3) is 11.8 Å². The molecule has 0 radical (unpaired) electrons. The van der Waals surface area contributed by atoms with E-state index in [4.69, 9.17) is 0 Å². The van der Waals surface area contributed by atoms with E-state index in [1.54, 1.807) is 12.4 Å². The van der Waals surface area contributed by atoms with Gasteiger partial charge in [-0.3, -0.25) is 4.79 Å². The van der Waals surface area contributed by atoms with Crippen molar-refractivity contribution in [1.29, 1.82) is 0 Å². The van der Waals surface area contributed by atoms with Crippen LogP contribution in [0.1, 0.15) is 29.7 Å². The number of carbonyl (C=O) groups excluding carboxylic acids is 1. The molecule has 0 aliphatic heterocycles. The summed E-state index contributed by atoms with van der Waals surface area (Å²) in [6.45, 7) is 7.27. The van der Waals surface area contributed by atoms with Crippen LogP contribution in [0, 0.1) is 13.8 Å². The van der Waals surface area contributed by atoms with Crippen LogP contribution in [0.15, 0.2) is 48.8 Å².